The van der Waals surface area contributed by atoms with Crippen LogP contribution >= 0.6 is 0 Å². The van der Waals surface area contributed by atoms with Gasteiger partial charge in [0, 0.05) is 18.9 Å². The molecular formula is C15H26O4. The molecule has 2 fully saturated rings. The standard InChI is InChI=1S/C15H26O4/c16-15(17)6-4-2-1-3-5-12-9-18-10-13(12)11-19-14-7-8-14/h12-14H,1-11H2,(H,16,17)/t12-,13+/m1/s1. The summed E-state index contributed by atoms with van der Waals surface area (Å²) in [6, 6.07) is 0. The Morgan fingerprint density at radius 3 is 2.58 bits per heavy atom. The molecule has 0 amide bonds. The van der Waals surface area contributed by atoms with E-state index in [0.717, 1.165) is 39.1 Å². The van der Waals surface area contributed by atoms with Gasteiger partial charge in [0.1, 0.15) is 0 Å². The van der Waals surface area contributed by atoms with Crippen LogP contribution < -0.4 is 0 Å². The molecule has 2 aliphatic rings. The number of carboxylic acid groups (broad SMARTS) is 1. The smallest absolute Gasteiger partial charge is 0.303 e. The van der Waals surface area contributed by atoms with Crippen molar-refractivity contribution in [1.82, 2.24) is 0 Å². The predicted molar refractivity (Wildman–Crippen MR) is 72.1 cm³/mol. The van der Waals surface area contributed by atoms with Crippen LogP contribution in [0.5, 0.6) is 0 Å². The van der Waals surface area contributed by atoms with Crippen molar-refractivity contribution in [1.29, 1.82) is 0 Å². The molecular weight excluding hydrogens is 244 g/mol. The first-order valence-electron chi connectivity index (χ1n) is 7.67. The van der Waals surface area contributed by atoms with E-state index < -0.39 is 5.97 Å². The summed E-state index contributed by atoms with van der Waals surface area (Å²) in [5.74, 6) is 0.555. The first-order valence-corrected chi connectivity index (χ1v) is 7.67. The minimum absolute atomic E-state index is 0.310. The summed E-state index contributed by atoms with van der Waals surface area (Å²) in [5, 5.41) is 8.56. The second-order valence-corrected chi connectivity index (χ2v) is 5.94. The molecule has 1 aliphatic carbocycles. The van der Waals surface area contributed by atoms with Crippen LogP contribution in [0.4, 0.5) is 0 Å². The number of ether oxygens (including phenoxy) is 2. The summed E-state index contributed by atoms with van der Waals surface area (Å²) in [6.45, 7) is 2.61. The van der Waals surface area contributed by atoms with Gasteiger partial charge in [0.15, 0.2) is 0 Å². The molecule has 0 bridgehead atoms. The summed E-state index contributed by atoms with van der Waals surface area (Å²) in [7, 11) is 0. The summed E-state index contributed by atoms with van der Waals surface area (Å²) < 4.78 is 11.4. The van der Waals surface area contributed by atoms with E-state index in [1.54, 1.807) is 0 Å². The zero-order valence-corrected chi connectivity index (χ0v) is 11.7. The van der Waals surface area contributed by atoms with Crippen LogP contribution in [-0.2, 0) is 14.3 Å². The number of aliphatic carboxylic acids is 1. The Balaban J connectivity index is 1.50. The number of hydrogen-bond acceptors (Lipinski definition) is 3. The molecule has 1 saturated heterocycles. The third-order valence-corrected chi connectivity index (χ3v) is 4.12. The second-order valence-electron chi connectivity index (χ2n) is 5.94. The Labute approximate surface area is 115 Å². The van der Waals surface area contributed by atoms with Gasteiger partial charge >= 0.3 is 5.97 Å². The lowest BCUT2D eigenvalue weighted by molar-refractivity contribution is -0.137. The molecule has 1 heterocycles. The monoisotopic (exact) mass is 270 g/mol. The van der Waals surface area contributed by atoms with Crippen LogP contribution in [0.15, 0.2) is 0 Å². The molecule has 0 radical (unpaired) electrons. The minimum atomic E-state index is -0.679. The maximum Gasteiger partial charge on any atom is 0.303 e. The molecule has 4 nitrogen and oxygen atoms in total. The quantitative estimate of drug-likeness (QED) is 0.620. The Hall–Kier alpha value is -0.610. The SMILES string of the molecule is O=C(O)CCCCCC[C@@H]1COC[C@H]1COC1CC1. The van der Waals surface area contributed by atoms with Gasteiger partial charge in [0.05, 0.1) is 19.3 Å². The Kier molecular flexibility index (Phi) is 6.11. The highest BCUT2D eigenvalue weighted by atomic mass is 16.5. The number of hydrogen-bond donors (Lipinski definition) is 1. The maximum absolute atomic E-state index is 10.4. The highest BCUT2D eigenvalue weighted by Crippen LogP contribution is 2.30. The predicted octanol–water partition coefficient (Wildman–Crippen LogP) is 2.85. The van der Waals surface area contributed by atoms with Crippen molar-refractivity contribution in [3.8, 4) is 0 Å². The molecule has 0 aromatic heterocycles. The van der Waals surface area contributed by atoms with Crippen LogP contribution in [-0.4, -0.2) is 37.0 Å². The average Bonchev–Trinajstić information content (AvgIpc) is 3.10. The van der Waals surface area contributed by atoms with Crippen LogP contribution in [0.2, 0.25) is 0 Å². The molecule has 110 valence electrons. The molecule has 1 aliphatic heterocycles. The van der Waals surface area contributed by atoms with Gasteiger partial charge in [0.2, 0.25) is 0 Å². The average molecular weight is 270 g/mol. The fourth-order valence-corrected chi connectivity index (χ4v) is 2.68. The third-order valence-electron chi connectivity index (χ3n) is 4.12. The molecule has 1 saturated carbocycles. The molecule has 0 spiro atoms. The van der Waals surface area contributed by atoms with E-state index in [9.17, 15) is 4.79 Å². The fourth-order valence-electron chi connectivity index (χ4n) is 2.68. The van der Waals surface area contributed by atoms with Crippen molar-refractivity contribution in [2.45, 2.75) is 57.5 Å². The van der Waals surface area contributed by atoms with Gasteiger partial charge in [-0.1, -0.05) is 19.3 Å². The zero-order valence-electron chi connectivity index (χ0n) is 11.7. The van der Waals surface area contributed by atoms with E-state index >= 15 is 0 Å². The topological polar surface area (TPSA) is 55.8 Å². The molecule has 2 rings (SSSR count). The lowest BCUT2D eigenvalue weighted by Gasteiger charge is -2.17. The molecule has 4 heteroatoms. The van der Waals surface area contributed by atoms with Crippen molar-refractivity contribution in [3.63, 3.8) is 0 Å². The lowest BCUT2D eigenvalue weighted by atomic mass is 9.91. The number of carboxylic acids is 1. The molecule has 19 heavy (non-hydrogen) atoms. The number of unbranched alkanes of at least 4 members (excludes halogenated alkanes) is 3. The van der Waals surface area contributed by atoms with E-state index in [4.69, 9.17) is 14.6 Å². The number of carbonyl (C=O) groups is 1. The first kappa shape index (κ1) is 14.8. The lowest BCUT2D eigenvalue weighted by Crippen LogP contribution is -2.19. The summed E-state index contributed by atoms with van der Waals surface area (Å²) in [6.07, 6.45) is 8.69. The van der Waals surface area contributed by atoms with Crippen LogP contribution in [0.1, 0.15) is 51.4 Å². The Morgan fingerprint density at radius 2 is 1.84 bits per heavy atom. The maximum atomic E-state index is 10.4. The third kappa shape index (κ3) is 5.91. The van der Waals surface area contributed by atoms with Crippen molar-refractivity contribution >= 4 is 5.97 Å². The highest BCUT2D eigenvalue weighted by molar-refractivity contribution is 5.66. The summed E-state index contributed by atoms with van der Waals surface area (Å²) in [5.41, 5.74) is 0. The van der Waals surface area contributed by atoms with Crippen molar-refractivity contribution in [3.05, 3.63) is 0 Å². The molecule has 0 aromatic carbocycles. The van der Waals surface area contributed by atoms with Crippen molar-refractivity contribution in [2.75, 3.05) is 19.8 Å². The summed E-state index contributed by atoms with van der Waals surface area (Å²) >= 11 is 0. The molecule has 1 N–H and O–H groups in total. The van der Waals surface area contributed by atoms with Gasteiger partial charge in [-0.2, -0.15) is 0 Å². The Morgan fingerprint density at radius 1 is 1.11 bits per heavy atom. The van der Waals surface area contributed by atoms with Gasteiger partial charge in [-0.3, -0.25) is 4.79 Å². The first-order chi connectivity index (χ1) is 9.25. The molecule has 0 aromatic rings. The highest BCUT2D eigenvalue weighted by Gasteiger charge is 2.30. The van der Waals surface area contributed by atoms with Crippen molar-refractivity contribution in [2.24, 2.45) is 11.8 Å². The van der Waals surface area contributed by atoms with Gasteiger partial charge in [-0.25, -0.2) is 0 Å². The molecule has 2 atom stereocenters. The van der Waals surface area contributed by atoms with Gasteiger partial charge < -0.3 is 14.6 Å². The normalized spacial score (nSPS) is 26.7. The van der Waals surface area contributed by atoms with Crippen molar-refractivity contribution < 1.29 is 19.4 Å². The minimum Gasteiger partial charge on any atom is -0.481 e. The van der Waals surface area contributed by atoms with Gasteiger partial charge in [-0.05, 0) is 31.6 Å². The fraction of sp³-hybridized carbons (Fsp3) is 0.933. The summed E-state index contributed by atoms with van der Waals surface area (Å²) in [4.78, 5) is 10.4. The van der Waals surface area contributed by atoms with E-state index in [0.29, 0.717) is 24.4 Å². The largest absolute Gasteiger partial charge is 0.481 e. The second kappa shape index (κ2) is 7.85. The van der Waals surface area contributed by atoms with Gasteiger partial charge in [-0.15, -0.1) is 0 Å². The van der Waals surface area contributed by atoms with E-state index in [1.807, 2.05) is 0 Å². The number of rotatable bonds is 10. The van der Waals surface area contributed by atoms with Crippen LogP contribution in [0, 0.1) is 11.8 Å². The van der Waals surface area contributed by atoms with Crippen LogP contribution in [0.3, 0.4) is 0 Å². The Bertz CT molecular complexity index is 275. The molecule has 0 unspecified atom stereocenters. The van der Waals surface area contributed by atoms with E-state index in [1.165, 1.54) is 25.7 Å². The van der Waals surface area contributed by atoms with E-state index in [-0.39, 0.29) is 0 Å². The van der Waals surface area contributed by atoms with Gasteiger partial charge in [0.25, 0.3) is 0 Å². The van der Waals surface area contributed by atoms with Crippen LogP contribution in [0.25, 0.3) is 0 Å². The van der Waals surface area contributed by atoms with E-state index in [2.05, 4.69) is 0 Å². The zero-order chi connectivity index (χ0) is 13.5.